The molecule has 0 saturated carbocycles. The molecule has 0 aliphatic heterocycles. The van der Waals surface area contributed by atoms with E-state index in [9.17, 15) is 17.6 Å². The maximum absolute atomic E-state index is 13.4. The van der Waals surface area contributed by atoms with Crippen LogP contribution >= 0.6 is 10.7 Å². The lowest BCUT2D eigenvalue weighted by atomic mass is 10.1. The van der Waals surface area contributed by atoms with E-state index in [4.69, 9.17) is 10.7 Å². The van der Waals surface area contributed by atoms with Crippen LogP contribution in [0.1, 0.15) is 49.9 Å². The zero-order valence-corrected chi connectivity index (χ0v) is 13.6. The van der Waals surface area contributed by atoms with Gasteiger partial charge in [-0.15, -0.1) is 0 Å². The molecular formula is C14H19ClFNO3S. The van der Waals surface area contributed by atoms with E-state index in [0.717, 1.165) is 43.9 Å². The Hall–Kier alpha value is -1.14. The second-order valence-corrected chi connectivity index (χ2v) is 7.55. The molecule has 0 heterocycles. The fourth-order valence-corrected chi connectivity index (χ4v) is 2.70. The number of carbonyl (C=O) groups is 1. The zero-order valence-electron chi connectivity index (χ0n) is 12.0. The third kappa shape index (κ3) is 6.01. The molecular weight excluding hydrogens is 317 g/mol. The van der Waals surface area contributed by atoms with E-state index < -0.39 is 25.7 Å². The first-order valence-electron chi connectivity index (χ1n) is 6.80. The average molecular weight is 336 g/mol. The molecule has 0 saturated heterocycles. The zero-order chi connectivity index (χ0) is 16.0. The van der Waals surface area contributed by atoms with Gasteiger partial charge in [-0.1, -0.05) is 26.2 Å². The Balaban J connectivity index is 2.81. The molecule has 7 heteroatoms. The molecule has 1 aromatic rings. The molecule has 0 radical (unpaired) electrons. The third-order valence-electron chi connectivity index (χ3n) is 3.03. The fourth-order valence-electron chi connectivity index (χ4n) is 1.91. The van der Waals surface area contributed by atoms with Gasteiger partial charge in [-0.05, 0) is 31.5 Å². The third-order valence-corrected chi connectivity index (χ3v) is 4.37. The first-order valence-corrected chi connectivity index (χ1v) is 9.11. The Labute approximate surface area is 129 Å². The SMILES string of the molecule is CCCCCC(C)NC(=O)c1cc(F)cc(S(=O)(=O)Cl)c1. The van der Waals surface area contributed by atoms with Crippen LogP contribution < -0.4 is 5.32 Å². The van der Waals surface area contributed by atoms with Crippen molar-refractivity contribution >= 4 is 25.6 Å². The lowest BCUT2D eigenvalue weighted by molar-refractivity contribution is 0.0937. The van der Waals surface area contributed by atoms with Crippen LogP contribution in [0.25, 0.3) is 0 Å². The minimum atomic E-state index is -4.08. The molecule has 1 N–H and O–H groups in total. The van der Waals surface area contributed by atoms with Gasteiger partial charge >= 0.3 is 0 Å². The van der Waals surface area contributed by atoms with Gasteiger partial charge in [0.25, 0.3) is 15.0 Å². The lowest BCUT2D eigenvalue weighted by Crippen LogP contribution is -2.32. The number of benzene rings is 1. The van der Waals surface area contributed by atoms with Crippen molar-refractivity contribution in [2.75, 3.05) is 0 Å². The molecule has 0 aliphatic carbocycles. The highest BCUT2D eigenvalue weighted by Gasteiger charge is 2.17. The largest absolute Gasteiger partial charge is 0.350 e. The van der Waals surface area contributed by atoms with Gasteiger partial charge in [0.05, 0.1) is 4.90 Å². The quantitative estimate of drug-likeness (QED) is 0.613. The number of hydrogen-bond acceptors (Lipinski definition) is 3. The van der Waals surface area contributed by atoms with E-state index >= 15 is 0 Å². The normalized spacial score (nSPS) is 13.0. The molecule has 21 heavy (non-hydrogen) atoms. The molecule has 0 aliphatic rings. The molecule has 0 bridgehead atoms. The number of rotatable bonds is 7. The topological polar surface area (TPSA) is 63.2 Å². The van der Waals surface area contributed by atoms with Gasteiger partial charge in [0.2, 0.25) is 0 Å². The number of amides is 1. The van der Waals surface area contributed by atoms with Gasteiger partial charge in [-0.2, -0.15) is 0 Å². The van der Waals surface area contributed by atoms with E-state index in [2.05, 4.69) is 12.2 Å². The van der Waals surface area contributed by atoms with E-state index in [0.29, 0.717) is 0 Å². The molecule has 4 nitrogen and oxygen atoms in total. The highest BCUT2D eigenvalue weighted by Crippen LogP contribution is 2.18. The molecule has 0 spiro atoms. The standard InChI is InChI=1S/C14H19ClFNO3S/c1-3-4-5-6-10(2)17-14(18)11-7-12(16)9-13(8-11)21(15,19)20/h7-10H,3-6H2,1-2H3,(H,17,18). The predicted octanol–water partition coefficient (Wildman–Crippen LogP) is 3.45. The van der Waals surface area contributed by atoms with Crippen molar-refractivity contribution in [3.05, 3.63) is 29.6 Å². The summed E-state index contributed by atoms with van der Waals surface area (Å²) in [6.07, 6.45) is 3.97. The Bertz CT molecular complexity index is 604. The second-order valence-electron chi connectivity index (χ2n) is 4.98. The molecule has 0 aromatic heterocycles. The van der Waals surface area contributed by atoms with E-state index in [1.54, 1.807) is 0 Å². The minimum Gasteiger partial charge on any atom is -0.350 e. The minimum absolute atomic E-state index is 0.0587. The number of unbranched alkanes of at least 4 members (excludes halogenated alkanes) is 2. The predicted molar refractivity (Wildman–Crippen MR) is 80.5 cm³/mol. The average Bonchev–Trinajstić information content (AvgIpc) is 2.37. The van der Waals surface area contributed by atoms with Crippen LogP contribution in [0.2, 0.25) is 0 Å². The Morgan fingerprint density at radius 3 is 2.57 bits per heavy atom. The monoisotopic (exact) mass is 335 g/mol. The molecule has 1 aromatic carbocycles. The van der Waals surface area contributed by atoms with Crippen LogP contribution in [-0.2, 0) is 9.05 Å². The highest BCUT2D eigenvalue weighted by atomic mass is 35.7. The number of halogens is 2. The van der Waals surface area contributed by atoms with E-state index in [1.807, 2.05) is 6.92 Å². The van der Waals surface area contributed by atoms with Crippen molar-refractivity contribution in [1.29, 1.82) is 0 Å². The summed E-state index contributed by atoms with van der Waals surface area (Å²) in [4.78, 5) is 11.6. The maximum atomic E-state index is 13.4. The van der Waals surface area contributed by atoms with E-state index in [1.165, 1.54) is 0 Å². The van der Waals surface area contributed by atoms with Crippen LogP contribution in [0.15, 0.2) is 23.1 Å². The molecule has 118 valence electrons. The summed E-state index contributed by atoms with van der Waals surface area (Å²) >= 11 is 0. The van der Waals surface area contributed by atoms with Gasteiger partial charge in [0, 0.05) is 22.3 Å². The number of nitrogens with one attached hydrogen (secondary N) is 1. The Morgan fingerprint density at radius 1 is 1.33 bits per heavy atom. The van der Waals surface area contributed by atoms with Crippen molar-refractivity contribution in [1.82, 2.24) is 5.32 Å². The van der Waals surface area contributed by atoms with Crippen LogP contribution in [0, 0.1) is 5.82 Å². The Kier molecular flexibility index (Phi) is 6.61. The summed E-state index contributed by atoms with van der Waals surface area (Å²) in [5.41, 5.74) is -0.0587. The summed E-state index contributed by atoms with van der Waals surface area (Å²) < 4.78 is 35.8. The summed E-state index contributed by atoms with van der Waals surface area (Å²) in [6, 6.07) is 2.77. The first kappa shape index (κ1) is 17.9. The van der Waals surface area contributed by atoms with Crippen LogP contribution in [0.5, 0.6) is 0 Å². The van der Waals surface area contributed by atoms with Crippen molar-refractivity contribution < 1.29 is 17.6 Å². The van der Waals surface area contributed by atoms with Crippen LogP contribution in [0.4, 0.5) is 4.39 Å². The number of hydrogen-bond donors (Lipinski definition) is 1. The fraction of sp³-hybridized carbons (Fsp3) is 0.500. The molecule has 1 unspecified atom stereocenters. The van der Waals surface area contributed by atoms with Crippen molar-refractivity contribution in [3.8, 4) is 0 Å². The van der Waals surface area contributed by atoms with Gasteiger partial charge in [0.1, 0.15) is 5.82 Å². The summed E-state index contributed by atoms with van der Waals surface area (Å²) in [6.45, 7) is 3.94. The molecule has 1 atom stereocenters. The summed E-state index contributed by atoms with van der Waals surface area (Å²) in [7, 11) is 1.10. The molecule has 0 fully saturated rings. The second kappa shape index (κ2) is 7.75. The van der Waals surface area contributed by atoms with Crippen LogP contribution in [0.3, 0.4) is 0 Å². The summed E-state index contributed by atoms with van der Waals surface area (Å²) in [5, 5.41) is 2.72. The van der Waals surface area contributed by atoms with Crippen molar-refractivity contribution in [3.63, 3.8) is 0 Å². The Morgan fingerprint density at radius 2 is 2.00 bits per heavy atom. The highest BCUT2D eigenvalue weighted by molar-refractivity contribution is 8.13. The van der Waals surface area contributed by atoms with E-state index in [-0.39, 0.29) is 11.6 Å². The number of carbonyl (C=O) groups excluding carboxylic acids is 1. The van der Waals surface area contributed by atoms with Crippen molar-refractivity contribution in [2.45, 2.75) is 50.5 Å². The molecule has 1 amide bonds. The van der Waals surface area contributed by atoms with Crippen molar-refractivity contribution in [2.24, 2.45) is 0 Å². The van der Waals surface area contributed by atoms with Crippen LogP contribution in [-0.4, -0.2) is 20.4 Å². The van der Waals surface area contributed by atoms with Gasteiger partial charge in [0.15, 0.2) is 0 Å². The lowest BCUT2D eigenvalue weighted by Gasteiger charge is -2.14. The first-order chi connectivity index (χ1) is 9.74. The summed E-state index contributed by atoms with van der Waals surface area (Å²) in [5.74, 6) is -1.33. The smallest absolute Gasteiger partial charge is 0.261 e. The van der Waals surface area contributed by atoms with Gasteiger partial charge in [-0.25, -0.2) is 12.8 Å². The van der Waals surface area contributed by atoms with Gasteiger partial charge in [-0.3, -0.25) is 4.79 Å². The van der Waals surface area contributed by atoms with Gasteiger partial charge < -0.3 is 5.32 Å². The maximum Gasteiger partial charge on any atom is 0.261 e. The molecule has 1 rings (SSSR count).